The van der Waals surface area contributed by atoms with E-state index in [0.717, 1.165) is 5.56 Å². The maximum absolute atomic E-state index is 13.2. The van der Waals surface area contributed by atoms with Crippen LogP contribution in [0.15, 0.2) is 59.5 Å². The summed E-state index contributed by atoms with van der Waals surface area (Å²) >= 11 is 0. The molecule has 0 spiro atoms. The van der Waals surface area contributed by atoms with Crippen LogP contribution in [0.2, 0.25) is 0 Å². The normalized spacial score (nSPS) is 24.5. The predicted octanol–water partition coefficient (Wildman–Crippen LogP) is 1.57. The summed E-state index contributed by atoms with van der Waals surface area (Å²) in [6.45, 7) is 1.50. The van der Waals surface area contributed by atoms with Crippen LogP contribution in [0.4, 0.5) is 5.69 Å². The Labute approximate surface area is 152 Å². The maximum atomic E-state index is 13.2. The van der Waals surface area contributed by atoms with Crippen molar-refractivity contribution in [2.45, 2.75) is 29.8 Å². The third-order valence-corrected chi connectivity index (χ3v) is 7.14. The van der Waals surface area contributed by atoms with Gasteiger partial charge in [0.15, 0.2) is 0 Å². The molecule has 0 radical (unpaired) electrons. The number of para-hydroxylation sites is 1. The molecule has 2 aromatic rings. The highest BCUT2D eigenvalue weighted by molar-refractivity contribution is 7.92. The molecule has 0 aliphatic carbocycles. The standard InChI is InChI=1S/C19H20N2O4S/c1-13(23)21-17-11-20(26(24,25)14-7-3-2-4-8-14)16-10-6-5-9-15(16)19(17)18(21)12-22/h2-10,17-19,22H,11-12H2,1H3/t17-,18+,19+/m0/s1. The van der Waals surface area contributed by atoms with E-state index in [9.17, 15) is 18.3 Å². The molecule has 2 aromatic carbocycles. The fourth-order valence-electron chi connectivity index (χ4n) is 4.24. The molecule has 26 heavy (non-hydrogen) atoms. The molecule has 0 unspecified atom stereocenters. The lowest BCUT2D eigenvalue weighted by Crippen LogP contribution is -2.70. The van der Waals surface area contributed by atoms with Crippen molar-refractivity contribution in [3.8, 4) is 0 Å². The van der Waals surface area contributed by atoms with Crippen molar-refractivity contribution in [3.63, 3.8) is 0 Å². The first-order chi connectivity index (χ1) is 12.5. The highest BCUT2D eigenvalue weighted by Crippen LogP contribution is 2.49. The predicted molar refractivity (Wildman–Crippen MR) is 97.3 cm³/mol. The molecule has 0 saturated carbocycles. The van der Waals surface area contributed by atoms with E-state index >= 15 is 0 Å². The summed E-state index contributed by atoms with van der Waals surface area (Å²) in [5, 5.41) is 9.75. The van der Waals surface area contributed by atoms with E-state index in [1.165, 1.54) is 11.2 Å². The van der Waals surface area contributed by atoms with Crippen LogP contribution < -0.4 is 4.31 Å². The van der Waals surface area contributed by atoms with Gasteiger partial charge in [0.25, 0.3) is 10.0 Å². The van der Waals surface area contributed by atoms with Crippen LogP contribution in [0.5, 0.6) is 0 Å². The summed E-state index contributed by atoms with van der Waals surface area (Å²) in [7, 11) is -3.74. The van der Waals surface area contributed by atoms with Gasteiger partial charge < -0.3 is 10.0 Å². The molecule has 4 rings (SSSR count). The van der Waals surface area contributed by atoms with Crippen molar-refractivity contribution in [1.29, 1.82) is 0 Å². The fraction of sp³-hybridized carbons (Fsp3) is 0.316. The van der Waals surface area contributed by atoms with Gasteiger partial charge in [0, 0.05) is 12.8 Å². The largest absolute Gasteiger partial charge is 0.394 e. The Morgan fingerprint density at radius 1 is 1.12 bits per heavy atom. The summed E-state index contributed by atoms with van der Waals surface area (Å²) in [5.74, 6) is -0.205. The number of benzene rings is 2. The number of aliphatic hydroxyl groups excluding tert-OH is 1. The van der Waals surface area contributed by atoms with E-state index in [2.05, 4.69) is 0 Å². The molecule has 2 heterocycles. The van der Waals surface area contributed by atoms with Crippen molar-refractivity contribution < 1.29 is 18.3 Å². The summed E-state index contributed by atoms with van der Waals surface area (Å²) in [6, 6.07) is 15.1. The average Bonchev–Trinajstić information content (AvgIpc) is 2.62. The van der Waals surface area contributed by atoms with Crippen LogP contribution in [0.3, 0.4) is 0 Å². The lowest BCUT2D eigenvalue weighted by Gasteiger charge is -2.58. The number of hydrogen-bond donors (Lipinski definition) is 1. The van der Waals surface area contributed by atoms with Gasteiger partial charge in [0.05, 0.1) is 35.8 Å². The van der Waals surface area contributed by atoms with Crippen molar-refractivity contribution >= 4 is 21.6 Å². The highest BCUT2D eigenvalue weighted by Gasteiger charge is 2.55. The van der Waals surface area contributed by atoms with Gasteiger partial charge >= 0.3 is 0 Å². The smallest absolute Gasteiger partial charge is 0.264 e. The van der Waals surface area contributed by atoms with Crippen molar-refractivity contribution in [1.82, 2.24) is 4.90 Å². The van der Waals surface area contributed by atoms with Crippen LogP contribution in [-0.4, -0.2) is 49.6 Å². The maximum Gasteiger partial charge on any atom is 0.264 e. The van der Waals surface area contributed by atoms with Crippen molar-refractivity contribution in [3.05, 3.63) is 60.2 Å². The molecule has 2 aliphatic heterocycles. The Kier molecular flexibility index (Phi) is 4.00. The third-order valence-electron chi connectivity index (χ3n) is 5.34. The van der Waals surface area contributed by atoms with E-state index in [1.54, 1.807) is 41.3 Å². The Balaban J connectivity index is 1.83. The molecular weight excluding hydrogens is 352 g/mol. The number of anilines is 1. The second-order valence-corrected chi connectivity index (χ2v) is 8.54. The number of hydrogen-bond acceptors (Lipinski definition) is 4. The van der Waals surface area contributed by atoms with Gasteiger partial charge in [-0.3, -0.25) is 9.10 Å². The van der Waals surface area contributed by atoms with Gasteiger partial charge in [-0.05, 0) is 23.8 Å². The quantitative estimate of drug-likeness (QED) is 0.887. The minimum atomic E-state index is -3.74. The Hall–Kier alpha value is -2.38. The number of sulfonamides is 1. The molecule has 2 aliphatic rings. The Morgan fingerprint density at radius 2 is 1.77 bits per heavy atom. The fourth-order valence-corrected chi connectivity index (χ4v) is 5.77. The first kappa shape index (κ1) is 17.1. The first-order valence-corrected chi connectivity index (χ1v) is 9.97. The topological polar surface area (TPSA) is 77.9 Å². The van der Waals surface area contributed by atoms with Gasteiger partial charge in [-0.2, -0.15) is 0 Å². The van der Waals surface area contributed by atoms with Gasteiger partial charge in [0.1, 0.15) is 0 Å². The van der Waals surface area contributed by atoms with Gasteiger partial charge in [-0.15, -0.1) is 0 Å². The Bertz CT molecular complexity index is 945. The molecule has 136 valence electrons. The second kappa shape index (κ2) is 6.10. The summed E-state index contributed by atoms with van der Waals surface area (Å²) in [4.78, 5) is 13.9. The SMILES string of the molecule is CC(=O)N1[C@H](CO)[C@@H]2c3ccccc3N(S(=O)(=O)c3ccccc3)C[C@@H]21. The molecule has 1 saturated heterocycles. The van der Waals surface area contributed by atoms with Crippen LogP contribution in [0.25, 0.3) is 0 Å². The molecule has 0 bridgehead atoms. The number of carbonyl (C=O) groups is 1. The molecule has 6 nitrogen and oxygen atoms in total. The zero-order valence-corrected chi connectivity index (χ0v) is 15.1. The van der Waals surface area contributed by atoms with Gasteiger partial charge in [-0.1, -0.05) is 36.4 Å². The number of rotatable bonds is 3. The van der Waals surface area contributed by atoms with E-state index in [-0.39, 0.29) is 42.0 Å². The molecule has 1 amide bonds. The van der Waals surface area contributed by atoms with Crippen molar-refractivity contribution in [2.75, 3.05) is 17.5 Å². The highest BCUT2D eigenvalue weighted by atomic mass is 32.2. The van der Waals surface area contributed by atoms with Crippen LogP contribution in [-0.2, 0) is 14.8 Å². The van der Waals surface area contributed by atoms with Crippen LogP contribution in [0.1, 0.15) is 18.4 Å². The molecule has 1 fully saturated rings. The summed E-state index contributed by atoms with van der Waals surface area (Å²) in [6.07, 6.45) is 0. The van der Waals surface area contributed by atoms with E-state index in [4.69, 9.17) is 0 Å². The minimum Gasteiger partial charge on any atom is -0.394 e. The summed E-state index contributed by atoms with van der Waals surface area (Å²) in [5.41, 5.74) is 1.49. The lowest BCUT2D eigenvalue weighted by molar-refractivity contribution is -0.147. The number of carbonyl (C=O) groups excluding carboxylic acids is 1. The van der Waals surface area contributed by atoms with Crippen molar-refractivity contribution in [2.24, 2.45) is 0 Å². The van der Waals surface area contributed by atoms with Crippen LogP contribution >= 0.6 is 0 Å². The third kappa shape index (κ3) is 2.34. The average molecular weight is 372 g/mol. The number of fused-ring (bicyclic) bond motifs is 3. The molecule has 0 aromatic heterocycles. The van der Waals surface area contributed by atoms with E-state index < -0.39 is 10.0 Å². The lowest BCUT2D eigenvalue weighted by atomic mass is 9.72. The molecule has 1 N–H and O–H groups in total. The molecular formula is C19H20N2O4S. The zero-order chi connectivity index (χ0) is 18.5. The number of nitrogens with zero attached hydrogens (tertiary/aromatic N) is 2. The number of likely N-dealkylation sites (tertiary alicyclic amines) is 1. The number of amides is 1. The van der Waals surface area contributed by atoms with Gasteiger partial charge in [-0.25, -0.2) is 8.42 Å². The van der Waals surface area contributed by atoms with Crippen LogP contribution in [0, 0.1) is 0 Å². The summed E-state index contributed by atoms with van der Waals surface area (Å²) < 4.78 is 27.8. The molecule has 7 heteroatoms. The second-order valence-electron chi connectivity index (χ2n) is 6.68. The number of aliphatic hydroxyl groups is 1. The first-order valence-electron chi connectivity index (χ1n) is 8.53. The van der Waals surface area contributed by atoms with E-state index in [1.807, 2.05) is 18.2 Å². The zero-order valence-electron chi connectivity index (χ0n) is 14.3. The van der Waals surface area contributed by atoms with E-state index in [0.29, 0.717) is 5.69 Å². The minimum absolute atomic E-state index is 0.0534. The Morgan fingerprint density at radius 3 is 2.42 bits per heavy atom. The monoisotopic (exact) mass is 372 g/mol. The molecule has 3 atom stereocenters. The van der Waals surface area contributed by atoms with Gasteiger partial charge in [0.2, 0.25) is 5.91 Å².